The molecule has 0 aromatic heterocycles. The summed E-state index contributed by atoms with van der Waals surface area (Å²) < 4.78 is 0. The van der Waals surface area contributed by atoms with Crippen molar-refractivity contribution in [2.45, 2.75) is 12.8 Å². The van der Waals surface area contributed by atoms with Crippen molar-refractivity contribution >= 4 is 11.7 Å². The Hall–Kier alpha value is -0.900. The zero-order chi connectivity index (χ0) is 7.28. The molecule has 0 unspecified atom stereocenters. The van der Waals surface area contributed by atoms with Gasteiger partial charge in [0, 0.05) is 0 Å². The number of carbonyl (C=O) groups is 1. The lowest BCUT2D eigenvalue weighted by Gasteiger charge is -1.93. The molecule has 0 atom stereocenters. The molecule has 4 nitrogen and oxygen atoms in total. The van der Waals surface area contributed by atoms with Crippen molar-refractivity contribution in [3.8, 4) is 0 Å². The Morgan fingerprint density at radius 3 is 2.56 bits per heavy atom. The van der Waals surface area contributed by atoms with E-state index in [1.807, 2.05) is 0 Å². The normalized spacial score (nSPS) is 9.00. The molecular weight excluding hydrogens is 120 g/mol. The molecule has 0 aliphatic rings. The van der Waals surface area contributed by atoms with Crippen LogP contribution in [0.25, 0.3) is 0 Å². The summed E-state index contributed by atoms with van der Waals surface area (Å²) in [6, 6.07) is 0. The highest BCUT2D eigenvalue weighted by molar-refractivity contribution is 6.34. The summed E-state index contributed by atoms with van der Waals surface area (Å²) in [6.45, 7) is 0.440. The van der Waals surface area contributed by atoms with Crippen LogP contribution in [-0.2, 0) is 4.79 Å². The SMILES string of the molecule is N=C(CCCN)C(=O)O. The van der Waals surface area contributed by atoms with Gasteiger partial charge < -0.3 is 10.8 Å². The van der Waals surface area contributed by atoms with Crippen molar-refractivity contribution in [1.29, 1.82) is 5.41 Å². The first-order valence-corrected chi connectivity index (χ1v) is 2.69. The van der Waals surface area contributed by atoms with Gasteiger partial charge in [-0.05, 0) is 19.4 Å². The van der Waals surface area contributed by atoms with E-state index >= 15 is 0 Å². The predicted molar refractivity (Wildman–Crippen MR) is 33.7 cm³/mol. The van der Waals surface area contributed by atoms with Gasteiger partial charge in [-0.1, -0.05) is 0 Å². The molecule has 0 heterocycles. The van der Waals surface area contributed by atoms with Gasteiger partial charge in [0.05, 0.1) is 0 Å². The number of nitrogens with two attached hydrogens (primary N) is 1. The molecule has 0 rings (SSSR count). The van der Waals surface area contributed by atoms with E-state index in [9.17, 15) is 4.79 Å². The van der Waals surface area contributed by atoms with Crippen molar-refractivity contribution in [2.24, 2.45) is 5.73 Å². The maximum Gasteiger partial charge on any atom is 0.349 e. The van der Waals surface area contributed by atoms with Gasteiger partial charge in [0.1, 0.15) is 5.71 Å². The van der Waals surface area contributed by atoms with Crippen LogP contribution in [0.2, 0.25) is 0 Å². The molecule has 0 aliphatic carbocycles. The van der Waals surface area contributed by atoms with E-state index < -0.39 is 5.97 Å². The summed E-state index contributed by atoms with van der Waals surface area (Å²) >= 11 is 0. The summed E-state index contributed by atoms with van der Waals surface area (Å²) in [5.41, 5.74) is 4.82. The number of aliphatic carboxylic acids is 1. The first-order valence-electron chi connectivity index (χ1n) is 2.69. The predicted octanol–water partition coefficient (Wildman–Crippen LogP) is -0.170. The molecule has 0 aliphatic heterocycles. The molecule has 0 bridgehead atoms. The quantitative estimate of drug-likeness (QED) is 0.462. The van der Waals surface area contributed by atoms with Crippen molar-refractivity contribution in [1.82, 2.24) is 0 Å². The second-order valence-electron chi connectivity index (χ2n) is 1.68. The van der Waals surface area contributed by atoms with Crippen molar-refractivity contribution < 1.29 is 9.90 Å². The van der Waals surface area contributed by atoms with E-state index in [-0.39, 0.29) is 12.1 Å². The summed E-state index contributed by atoms with van der Waals surface area (Å²) in [5.74, 6) is -1.15. The molecule has 0 fully saturated rings. The van der Waals surface area contributed by atoms with E-state index in [4.69, 9.17) is 16.2 Å². The largest absolute Gasteiger partial charge is 0.477 e. The highest BCUT2D eigenvalue weighted by atomic mass is 16.4. The van der Waals surface area contributed by atoms with Crippen LogP contribution in [-0.4, -0.2) is 23.3 Å². The van der Waals surface area contributed by atoms with Crippen LogP contribution in [0, 0.1) is 5.41 Å². The molecule has 0 saturated carbocycles. The minimum atomic E-state index is -1.15. The minimum absolute atomic E-state index is 0.263. The van der Waals surface area contributed by atoms with Crippen molar-refractivity contribution in [2.75, 3.05) is 6.54 Å². The van der Waals surface area contributed by atoms with Crippen LogP contribution in [0.1, 0.15) is 12.8 Å². The van der Waals surface area contributed by atoms with E-state index in [2.05, 4.69) is 0 Å². The van der Waals surface area contributed by atoms with Crippen LogP contribution in [0.4, 0.5) is 0 Å². The Kier molecular flexibility index (Phi) is 3.62. The standard InChI is InChI=1S/C5H10N2O2/c6-3-1-2-4(7)5(8)9/h7H,1-3,6H2,(H,8,9). The van der Waals surface area contributed by atoms with E-state index in [0.717, 1.165) is 0 Å². The highest BCUT2D eigenvalue weighted by Crippen LogP contribution is 1.87. The number of carboxylic acid groups (broad SMARTS) is 1. The van der Waals surface area contributed by atoms with Gasteiger partial charge in [-0.3, -0.25) is 5.41 Å². The fourth-order valence-corrected chi connectivity index (χ4v) is 0.386. The van der Waals surface area contributed by atoms with Crippen LogP contribution in [0.15, 0.2) is 0 Å². The Bertz CT molecular complexity index is 122. The second kappa shape index (κ2) is 4.03. The molecule has 52 valence electrons. The zero-order valence-electron chi connectivity index (χ0n) is 5.05. The van der Waals surface area contributed by atoms with Gasteiger partial charge in [-0.15, -0.1) is 0 Å². The molecular formula is C5H10N2O2. The van der Waals surface area contributed by atoms with E-state index in [1.54, 1.807) is 0 Å². The van der Waals surface area contributed by atoms with Crippen LogP contribution in [0.5, 0.6) is 0 Å². The molecule has 4 N–H and O–H groups in total. The molecule has 0 amide bonds. The van der Waals surface area contributed by atoms with Crippen LogP contribution in [0.3, 0.4) is 0 Å². The minimum Gasteiger partial charge on any atom is -0.477 e. The maximum absolute atomic E-state index is 9.94. The summed E-state index contributed by atoms with van der Waals surface area (Å²) in [5, 5.41) is 14.9. The highest BCUT2D eigenvalue weighted by Gasteiger charge is 2.03. The van der Waals surface area contributed by atoms with Crippen LogP contribution < -0.4 is 5.73 Å². The topological polar surface area (TPSA) is 87.2 Å². The van der Waals surface area contributed by atoms with Crippen molar-refractivity contribution in [3.63, 3.8) is 0 Å². The maximum atomic E-state index is 9.94. The fourth-order valence-electron chi connectivity index (χ4n) is 0.386. The Labute approximate surface area is 53.2 Å². The molecule has 0 radical (unpaired) electrons. The monoisotopic (exact) mass is 130 g/mol. The second-order valence-corrected chi connectivity index (χ2v) is 1.68. The average molecular weight is 130 g/mol. The third-order valence-corrected chi connectivity index (χ3v) is 0.889. The fraction of sp³-hybridized carbons (Fsp3) is 0.600. The van der Waals surface area contributed by atoms with Gasteiger partial charge >= 0.3 is 5.97 Å². The Morgan fingerprint density at radius 1 is 1.67 bits per heavy atom. The smallest absolute Gasteiger partial charge is 0.349 e. The average Bonchev–Trinajstić information content (AvgIpc) is 1.82. The molecule has 0 aromatic carbocycles. The van der Waals surface area contributed by atoms with E-state index in [0.29, 0.717) is 13.0 Å². The Balaban J connectivity index is 3.39. The summed E-state index contributed by atoms with van der Waals surface area (Å²) in [7, 11) is 0. The third kappa shape index (κ3) is 3.66. The third-order valence-electron chi connectivity index (χ3n) is 0.889. The lowest BCUT2D eigenvalue weighted by molar-refractivity contribution is -0.129. The van der Waals surface area contributed by atoms with Gasteiger partial charge in [-0.2, -0.15) is 0 Å². The lowest BCUT2D eigenvalue weighted by atomic mass is 10.2. The summed E-state index contributed by atoms with van der Waals surface area (Å²) in [4.78, 5) is 9.94. The van der Waals surface area contributed by atoms with Gasteiger partial charge in [0.25, 0.3) is 0 Å². The molecule has 4 heteroatoms. The van der Waals surface area contributed by atoms with Crippen molar-refractivity contribution in [3.05, 3.63) is 0 Å². The van der Waals surface area contributed by atoms with Crippen LogP contribution >= 0.6 is 0 Å². The molecule has 0 aromatic rings. The zero-order valence-corrected chi connectivity index (χ0v) is 5.05. The number of carboxylic acids is 1. The van der Waals surface area contributed by atoms with E-state index in [1.165, 1.54) is 0 Å². The number of hydrogen-bond acceptors (Lipinski definition) is 3. The van der Waals surface area contributed by atoms with Gasteiger partial charge in [0.15, 0.2) is 0 Å². The Morgan fingerprint density at radius 2 is 2.22 bits per heavy atom. The van der Waals surface area contributed by atoms with Gasteiger partial charge in [-0.25, -0.2) is 4.79 Å². The number of rotatable bonds is 4. The summed E-state index contributed by atoms with van der Waals surface area (Å²) in [6.07, 6.45) is 0.844. The molecule has 9 heavy (non-hydrogen) atoms. The first-order chi connectivity index (χ1) is 4.18. The van der Waals surface area contributed by atoms with Gasteiger partial charge in [0.2, 0.25) is 0 Å². The number of nitrogens with one attached hydrogen (secondary N) is 1. The lowest BCUT2D eigenvalue weighted by Crippen LogP contribution is -2.13. The number of hydrogen-bond donors (Lipinski definition) is 3. The first kappa shape index (κ1) is 8.10. The molecule has 0 spiro atoms. The molecule has 0 saturated heterocycles.